The lowest BCUT2D eigenvalue weighted by Gasteiger charge is -1.97. The highest BCUT2D eigenvalue weighted by molar-refractivity contribution is 5.80. The minimum atomic E-state index is -0.0799. The van der Waals surface area contributed by atoms with E-state index in [1.165, 1.54) is 6.33 Å². The Bertz CT molecular complexity index is 475. The third kappa shape index (κ3) is 3.19. The van der Waals surface area contributed by atoms with E-state index in [1.54, 1.807) is 6.07 Å². The summed E-state index contributed by atoms with van der Waals surface area (Å²) in [6.07, 6.45) is 1.43. The monoisotopic (exact) mass is 220 g/mol. The smallest absolute Gasteiger partial charge is 0.258 e. The molecule has 88 valence electrons. The van der Waals surface area contributed by atoms with E-state index in [0.717, 1.165) is 11.1 Å². The number of hydrogen-bond acceptors (Lipinski definition) is 2. The van der Waals surface area contributed by atoms with E-state index in [1.807, 2.05) is 46.8 Å². The summed E-state index contributed by atoms with van der Waals surface area (Å²) in [7, 11) is 0. The normalized spacial score (nSPS) is 8.56. The van der Waals surface area contributed by atoms with Gasteiger partial charge in [-0.15, -0.1) is 0 Å². The Balaban J connectivity index is 0.000000509. The van der Waals surface area contributed by atoms with Crippen molar-refractivity contribution in [2.75, 3.05) is 0 Å². The molecule has 0 amide bonds. The predicted molar refractivity (Wildman–Crippen MR) is 69.8 cm³/mol. The summed E-state index contributed by atoms with van der Waals surface area (Å²) in [5.74, 6) is 0. The Hall–Kier alpha value is -1.64. The molecule has 1 aromatic heterocycles. The molecule has 1 aromatic carbocycles. The Morgan fingerprint density at radius 1 is 1.12 bits per heavy atom. The summed E-state index contributed by atoms with van der Waals surface area (Å²) in [6.45, 7) is 9.94. The molecule has 0 saturated carbocycles. The topological polar surface area (TPSA) is 45.8 Å². The van der Waals surface area contributed by atoms with Crippen molar-refractivity contribution in [2.45, 2.75) is 34.6 Å². The molecule has 0 saturated heterocycles. The number of para-hydroxylation sites is 1. The number of hydrogen-bond donors (Lipinski definition) is 1. The Morgan fingerprint density at radius 3 is 2.31 bits per heavy atom. The van der Waals surface area contributed by atoms with Crippen molar-refractivity contribution in [3.05, 3.63) is 40.4 Å². The second-order valence-electron chi connectivity index (χ2n) is 2.70. The maximum atomic E-state index is 11.2. The fourth-order valence-electron chi connectivity index (χ4n) is 1.25. The first-order chi connectivity index (χ1) is 7.79. The standard InChI is InChI=1S/C9H8N2O.2C2H6/c1-6-3-2-4-7-8(6)10-5-11-9(7)12;2*1-2/h2-5H,1H3,(H,10,11,12);2*1-2H3. The maximum Gasteiger partial charge on any atom is 0.258 e. The zero-order chi connectivity index (χ0) is 12.6. The van der Waals surface area contributed by atoms with Crippen LogP contribution in [0.3, 0.4) is 0 Å². The minimum absolute atomic E-state index is 0.0799. The Morgan fingerprint density at radius 2 is 1.75 bits per heavy atom. The molecule has 0 aliphatic heterocycles. The van der Waals surface area contributed by atoms with E-state index in [9.17, 15) is 4.79 Å². The first-order valence-electron chi connectivity index (χ1n) is 5.72. The number of fused-ring (bicyclic) bond motifs is 1. The summed E-state index contributed by atoms with van der Waals surface area (Å²) < 4.78 is 0. The highest BCUT2D eigenvalue weighted by Crippen LogP contribution is 2.09. The molecule has 3 heteroatoms. The van der Waals surface area contributed by atoms with Crippen molar-refractivity contribution in [1.29, 1.82) is 0 Å². The van der Waals surface area contributed by atoms with Crippen LogP contribution in [-0.2, 0) is 0 Å². The lowest BCUT2D eigenvalue weighted by molar-refractivity contribution is 1.16. The van der Waals surface area contributed by atoms with Crippen LogP contribution in [0.1, 0.15) is 33.3 Å². The molecule has 1 N–H and O–H groups in total. The van der Waals surface area contributed by atoms with Crippen LogP contribution >= 0.6 is 0 Å². The fourth-order valence-corrected chi connectivity index (χ4v) is 1.25. The van der Waals surface area contributed by atoms with E-state index in [2.05, 4.69) is 9.97 Å². The van der Waals surface area contributed by atoms with Gasteiger partial charge < -0.3 is 4.98 Å². The van der Waals surface area contributed by atoms with Crippen molar-refractivity contribution in [2.24, 2.45) is 0 Å². The summed E-state index contributed by atoms with van der Waals surface area (Å²) in [6, 6.07) is 5.57. The molecule has 0 aliphatic rings. The number of aromatic nitrogens is 2. The van der Waals surface area contributed by atoms with Crippen molar-refractivity contribution in [3.8, 4) is 0 Å². The van der Waals surface area contributed by atoms with E-state index in [-0.39, 0.29) is 5.56 Å². The largest absolute Gasteiger partial charge is 0.313 e. The number of nitrogens with zero attached hydrogens (tertiary/aromatic N) is 1. The van der Waals surface area contributed by atoms with Crippen LogP contribution in [0.15, 0.2) is 29.3 Å². The van der Waals surface area contributed by atoms with Gasteiger partial charge in [-0.2, -0.15) is 0 Å². The molecule has 0 fully saturated rings. The van der Waals surface area contributed by atoms with Gasteiger partial charge in [0, 0.05) is 0 Å². The first-order valence-corrected chi connectivity index (χ1v) is 5.72. The van der Waals surface area contributed by atoms with E-state index in [0.29, 0.717) is 5.39 Å². The van der Waals surface area contributed by atoms with Crippen molar-refractivity contribution in [1.82, 2.24) is 9.97 Å². The van der Waals surface area contributed by atoms with Gasteiger partial charge in [-0.3, -0.25) is 4.79 Å². The third-order valence-electron chi connectivity index (χ3n) is 1.87. The second kappa shape index (κ2) is 7.63. The van der Waals surface area contributed by atoms with Gasteiger partial charge >= 0.3 is 0 Å². The molecular formula is C13H20N2O. The lowest BCUT2D eigenvalue weighted by atomic mass is 10.1. The average Bonchev–Trinajstić information content (AvgIpc) is 2.36. The molecule has 16 heavy (non-hydrogen) atoms. The van der Waals surface area contributed by atoms with Crippen molar-refractivity contribution >= 4 is 10.9 Å². The molecule has 1 heterocycles. The summed E-state index contributed by atoms with van der Waals surface area (Å²) >= 11 is 0. The summed E-state index contributed by atoms with van der Waals surface area (Å²) in [5.41, 5.74) is 1.73. The van der Waals surface area contributed by atoms with Crippen molar-refractivity contribution < 1.29 is 0 Å². The Labute approximate surface area is 96.6 Å². The van der Waals surface area contributed by atoms with Gasteiger partial charge in [0.15, 0.2) is 0 Å². The molecule has 0 atom stereocenters. The summed E-state index contributed by atoms with van der Waals surface area (Å²) in [4.78, 5) is 17.9. The molecule has 0 bridgehead atoms. The van der Waals surface area contributed by atoms with E-state index < -0.39 is 0 Å². The van der Waals surface area contributed by atoms with Gasteiger partial charge in [-0.25, -0.2) is 4.98 Å². The van der Waals surface area contributed by atoms with Crippen molar-refractivity contribution in [3.63, 3.8) is 0 Å². The molecule has 2 aromatic rings. The number of aryl methyl sites for hydroxylation is 1. The molecule has 0 unspecified atom stereocenters. The molecule has 0 spiro atoms. The number of benzene rings is 1. The lowest BCUT2D eigenvalue weighted by Crippen LogP contribution is -2.06. The van der Waals surface area contributed by atoms with Crippen LogP contribution in [0.2, 0.25) is 0 Å². The first kappa shape index (κ1) is 14.4. The quantitative estimate of drug-likeness (QED) is 0.740. The number of nitrogens with one attached hydrogen (secondary N) is 1. The average molecular weight is 220 g/mol. The van der Waals surface area contributed by atoms with Crippen LogP contribution in [0.25, 0.3) is 10.9 Å². The second-order valence-corrected chi connectivity index (χ2v) is 2.70. The van der Waals surface area contributed by atoms with Crippen LogP contribution in [0.4, 0.5) is 0 Å². The number of H-pyrrole nitrogens is 1. The molecule has 0 aliphatic carbocycles. The van der Waals surface area contributed by atoms with Crippen LogP contribution in [-0.4, -0.2) is 9.97 Å². The van der Waals surface area contributed by atoms with E-state index in [4.69, 9.17) is 0 Å². The molecular weight excluding hydrogens is 200 g/mol. The summed E-state index contributed by atoms with van der Waals surface area (Å²) in [5, 5.41) is 0.650. The highest BCUT2D eigenvalue weighted by Gasteiger charge is 1.99. The molecule has 3 nitrogen and oxygen atoms in total. The molecule has 0 radical (unpaired) electrons. The fraction of sp³-hybridized carbons (Fsp3) is 0.385. The highest BCUT2D eigenvalue weighted by atomic mass is 16.1. The Kier molecular flexibility index (Phi) is 6.84. The zero-order valence-corrected chi connectivity index (χ0v) is 10.7. The van der Waals surface area contributed by atoms with E-state index >= 15 is 0 Å². The van der Waals surface area contributed by atoms with Gasteiger partial charge in [0.2, 0.25) is 0 Å². The SMILES string of the molecule is CC.CC.Cc1cccc2c(=O)[nH]cnc12. The predicted octanol–water partition coefficient (Wildman–Crippen LogP) is 3.28. The number of aromatic amines is 1. The van der Waals surface area contributed by atoms with Crippen LogP contribution < -0.4 is 5.56 Å². The maximum absolute atomic E-state index is 11.2. The van der Waals surface area contributed by atoms with Gasteiger partial charge in [0.05, 0.1) is 17.2 Å². The van der Waals surface area contributed by atoms with Crippen LogP contribution in [0, 0.1) is 6.92 Å². The molecule has 2 rings (SSSR count). The van der Waals surface area contributed by atoms with Gasteiger partial charge in [-0.1, -0.05) is 39.8 Å². The number of rotatable bonds is 0. The zero-order valence-electron chi connectivity index (χ0n) is 10.7. The van der Waals surface area contributed by atoms with Gasteiger partial charge in [-0.05, 0) is 18.6 Å². The van der Waals surface area contributed by atoms with Gasteiger partial charge in [0.1, 0.15) is 0 Å². The minimum Gasteiger partial charge on any atom is -0.313 e. The van der Waals surface area contributed by atoms with Crippen LogP contribution in [0.5, 0.6) is 0 Å². The third-order valence-corrected chi connectivity index (χ3v) is 1.87. The van der Waals surface area contributed by atoms with Gasteiger partial charge in [0.25, 0.3) is 5.56 Å².